The number of amides is 1. The highest BCUT2D eigenvalue weighted by Crippen LogP contribution is 2.14. The van der Waals surface area contributed by atoms with Crippen molar-refractivity contribution in [3.63, 3.8) is 0 Å². The molecule has 1 N–H and O–H groups in total. The van der Waals surface area contributed by atoms with Gasteiger partial charge in [0.25, 0.3) is 5.91 Å². The zero-order valence-corrected chi connectivity index (χ0v) is 10.3. The van der Waals surface area contributed by atoms with E-state index in [-0.39, 0.29) is 16.6 Å². The van der Waals surface area contributed by atoms with Crippen molar-refractivity contribution < 1.29 is 9.18 Å². The van der Waals surface area contributed by atoms with Gasteiger partial charge in [-0.15, -0.1) is 11.6 Å². The van der Waals surface area contributed by atoms with Crippen LogP contribution in [-0.4, -0.2) is 17.8 Å². The molecule has 5 heteroatoms. The smallest absolute Gasteiger partial charge is 0.254 e. The lowest BCUT2D eigenvalue weighted by molar-refractivity contribution is 0.0935. The topological polar surface area (TPSA) is 29.1 Å². The Hall–Kier alpha value is -0.800. The molecular formula is C11H12Cl2FNO. The molecule has 0 radical (unpaired) electrons. The van der Waals surface area contributed by atoms with E-state index in [1.54, 1.807) is 0 Å². The number of halogens is 3. The Bertz CT molecular complexity index is 384. The van der Waals surface area contributed by atoms with Gasteiger partial charge in [-0.3, -0.25) is 4.79 Å². The van der Waals surface area contributed by atoms with Gasteiger partial charge in [0.1, 0.15) is 5.82 Å². The standard InChI is InChI=1S/C11H12Cl2FNO/c1-7(4-5-12)15-11(16)9-3-2-8(13)6-10(9)14/h2-3,6-7H,4-5H2,1H3,(H,15,16). The maximum atomic E-state index is 13.4. The lowest BCUT2D eigenvalue weighted by atomic mass is 10.1. The summed E-state index contributed by atoms with van der Waals surface area (Å²) in [7, 11) is 0. The zero-order chi connectivity index (χ0) is 12.1. The van der Waals surface area contributed by atoms with Crippen molar-refractivity contribution in [1.82, 2.24) is 5.32 Å². The molecule has 0 bridgehead atoms. The van der Waals surface area contributed by atoms with Gasteiger partial charge in [0, 0.05) is 16.9 Å². The molecule has 0 spiro atoms. The van der Waals surface area contributed by atoms with Crippen molar-refractivity contribution in [2.75, 3.05) is 5.88 Å². The van der Waals surface area contributed by atoms with Gasteiger partial charge in [-0.05, 0) is 31.5 Å². The van der Waals surface area contributed by atoms with Crippen LogP contribution in [0.15, 0.2) is 18.2 Å². The second kappa shape index (κ2) is 6.06. The van der Waals surface area contributed by atoms with E-state index in [0.29, 0.717) is 12.3 Å². The monoisotopic (exact) mass is 263 g/mol. The number of alkyl halides is 1. The minimum Gasteiger partial charge on any atom is -0.349 e. The van der Waals surface area contributed by atoms with Crippen molar-refractivity contribution in [3.8, 4) is 0 Å². The molecule has 1 unspecified atom stereocenters. The summed E-state index contributed by atoms with van der Waals surface area (Å²) in [4.78, 5) is 11.6. The van der Waals surface area contributed by atoms with Crippen LogP contribution in [0.4, 0.5) is 4.39 Å². The number of carbonyl (C=O) groups is 1. The third-order valence-corrected chi connectivity index (χ3v) is 2.55. The summed E-state index contributed by atoms with van der Waals surface area (Å²) in [6.45, 7) is 1.81. The van der Waals surface area contributed by atoms with Gasteiger partial charge in [0.2, 0.25) is 0 Å². The predicted molar refractivity (Wildman–Crippen MR) is 63.7 cm³/mol. The average molecular weight is 264 g/mol. The molecule has 1 amide bonds. The van der Waals surface area contributed by atoms with E-state index in [0.717, 1.165) is 6.07 Å². The Morgan fingerprint density at radius 1 is 1.56 bits per heavy atom. The summed E-state index contributed by atoms with van der Waals surface area (Å²) in [5, 5.41) is 2.92. The first-order chi connectivity index (χ1) is 7.54. The predicted octanol–water partition coefficient (Wildman–Crippen LogP) is 3.23. The molecule has 0 saturated heterocycles. The summed E-state index contributed by atoms with van der Waals surface area (Å²) in [5.41, 5.74) is -0.00850. The lowest BCUT2D eigenvalue weighted by Gasteiger charge is -2.12. The second-order valence-corrected chi connectivity index (χ2v) is 4.29. The summed E-state index contributed by atoms with van der Waals surface area (Å²) in [6, 6.07) is 3.87. The largest absolute Gasteiger partial charge is 0.349 e. The van der Waals surface area contributed by atoms with Crippen LogP contribution >= 0.6 is 23.2 Å². The van der Waals surface area contributed by atoms with Gasteiger partial charge in [-0.1, -0.05) is 11.6 Å². The fraction of sp³-hybridized carbons (Fsp3) is 0.364. The van der Waals surface area contributed by atoms with E-state index in [2.05, 4.69) is 5.32 Å². The molecule has 0 heterocycles. The van der Waals surface area contributed by atoms with E-state index in [1.807, 2.05) is 6.92 Å². The second-order valence-electron chi connectivity index (χ2n) is 3.48. The summed E-state index contributed by atoms with van der Waals surface area (Å²) >= 11 is 11.1. The Labute approximate surface area is 104 Å². The lowest BCUT2D eigenvalue weighted by Crippen LogP contribution is -2.33. The number of nitrogens with one attached hydrogen (secondary N) is 1. The molecule has 1 aromatic rings. The summed E-state index contributed by atoms with van der Waals surface area (Å²) in [5.74, 6) is -0.625. The van der Waals surface area contributed by atoms with E-state index in [9.17, 15) is 9.18 Å². The van der Waals surface area contributed by atoms with E-state index in [4.69, 9.17) is 23.2 Å². The molecule has 0 aliphatic heterocycles. The Kier molecular flexibility index (Phi) is 5.03. The third-order valence-electron chi connectivity index (χ3n) is 2.10. The van der Waals surface area contributed by atoms with Crippen molar-refractivity contribution in [3.05, 3.63) is 34.6 Å². The third kappa shape index (κ3) is 3.65. The van der Waals surface area contributed by atoms with Crippen LogP contribution in [-0.2, 0) is 0 Å². The van der Waals surface area contributed by atoms with Crippen LogP contribution < -0.4 is 5.32 Å². The fourth-order valence-electron chi connectivity index (χ4n) is 1.21. The maximum Gasteiger partial charge on any atom is 0.254 e. The fourth-order valence-corrected chi connectivity index (χ4v) is 1.70. The molecule has 1 atom stereocenters. The summed E-state index contributed by atoms with van der Waals surface area (Å²) in [6.07, 6.45) is 0.641. The number of rotatable bonds is 4. The molecule has 0 aliphatic carbocycles. The van der Waals surface area contributed by atoms with E-state index in [1.165, 1.54) is 12.1 Å². The minimum atomic E-state index is -0.622. The maximum absolute atomic E-state index is 13.4. The van der Waals surface area contributed by atoms with Crippen molar-refractivity contribution in [2.45, 2.75) is 19.4 Å². The first-order valence-corrected chi connectivity index (χ1v) is 5.77. The van der Waals surface area contributed by atoms with Crippen LogP contribution in [0.3, 0.4) is 0 Å². The van der Waals surface area contributed by atoms with Gasteiger partial charge in [0.05, 0.1) is 5.56 Å². The van der Waals surface area contributed by atoms with Gasteiger partial charge in [-0.25, -0.2) is 4.39 Å². The molecule has 0 aromatic heterocycles. The molecule has 2 nitrogen and oxygen atoms in total. The Balaban J connectivity index is 2.73. The molecule has 0 aliphatic rings. The van der Waals surface area contributed by atoms with Gasteiger partial charge >= 0.3 is 0 Å². The van der Waals surface area contributed by atoms with Crippen LogP contribution in [0, 0.1) is 5.82 Å². The molecular weight excluding hydrogens is 252 g/mol. The SMILES string of the molecule is CC(CCCl)NC(=O)c1ccc(Cl)cc1F. The average Bonchev–Trinajstić information content (AvgIpc) is 2.17. The molecule has 0 fully saturated rings. The molecule has 0 saturated carbocycles. The van der Waals surface area contributed by atoms with Crippen molar-refractivity contribution in [1.29, 1.82) is 0 Å². The number of hydrogen-bond donors (Lipinski definition) is 1. The highest BCUT2D eigenvalue weighted by atomic mass is 35.5. The van der Waals surface area contributed by atoms with Gasteiger partial charge in [-0.2, -0.15) is 0 Å². The van der Waals surface area contributed by atoms with Crippen LogP contribution in [0.2, 0.25) is 5.02 Å². The summed E-state index contributed by atoms with van der Waals surface area (Å²) < 4.78 is 13.4. The van der Waals surface area contributed by atoms with Crippen molar-refractivity contribution >= 4 is 29.1 Å². The number of carbonyl (C=O) groups excluding carboxylic acids is 1. The number of benzene rings is 1. The first-order valence-electron chi connectivity index (χ1n) is 4.86. The molecule has 16 heavy (non-hydrogen) atoms. The Morgan fingerprint density at radius 3 is 2.81 bits per heavy atom. The first kappa shape index (κ1) is 13.3. The molecule has 1 aromatic carbocycles. The highest BCUT2D eigenvalue weighted by molar-refractivity contribution is 6.30. The normalized spacial score (nSPS) is 12.2. The van der Waals surface area contributed by atoms with Crippen LogP contribution in [0.5, 0.6) is 0 Å². The Morgan fingerprint density at radius 2 is 2.25 bits per heavy atom. The van der Waals surface area contributed by atoms with Crippen LogP contribution in [0.25, 0.3) is 0 Å². The van der Waals surface area contributed by atoms with E-state index >= 15 is 0 Å². The number of hydrogen-bond acceptors (Lipinski definition) is 1. The quantitative estimate of drug-likeness (QED) is 0.831. The van der Waals surface area contributed by atoms with Crippen LogP contribution in [0.1, 0.15) is 23.7 Å². The van der Waals surface area contributed by atoms with Gasteiger partial charge < -0.3 is 5.32 Å². The van der Waals surface area contributed by atoms with Crippen molar-refractivity contribution in [2.24, 2.45) is 0 Å². The highest BCUT2D eigenvalue weighted by Gasteiger charge is 2.13. The minimum absolute atomic E-state index is 0.00850. The van der Waals surface area contributed by atoms with E-state index < -0.39 is 11.7 Å². The zero-order valence-electron chi connectivity index (χ0n) is 8.77. The molecule has 88 valence electrons. The molecule has 1 rings (SSSR count). The van der Waals surface area contributed by atoms with Gasteiger partial charge in [0.15, 0.2) is 0 Å².